The lowest BCUT2D eigenvalue weighted by atomic mass is 10.1. The molecule has 0 bridgehead atoms. The van der Waals surface area contributed by atoms with E-state index >= 15 is 0 Å². The summed E-state index contributed by atoms with van der Waals surface area (Å²) in [5.74, 6) is 0.120. The number of nitrogens with two attached hydrogens (primary N) is 1. The number of carbonyl (C=O) groups is 1. The monoisotopic (exact) mass is 281 g/mol. The Kier molecular flexibility index (Phi) is 5.76. The summed E-state index contributed by atoms with van der Waals surface area (Å²) in [6.45, 7) is 9.17. The number of aromatic nitrogens is 1. The van der Waals surface area contributed by atoms with Crippen LogP contribution in [0.3, 0.4) is 0 Å². The molecular weight excluding hydrogens is 258 g/mol. The molecule has 0 aliphatic heterocycles. The fourth-order valence-electron chi connectivity index (χ4n) is 1.69. The van der Waals surface area contributed by atoms with E-state index in [0.717, 1.165) is 0 Å². The van der Waals surface area contributed by atoms with Gasteiger partial charge in [0, 0.05) is 13.2 Å². The number of hydrogen-bond donors (Lipinski definition) is 2. The quantitative estimate of drug-likeness (QED) is 0.744. The number of nitrogens with one attached hydrogen (secondary N) is 1. The van der Waals surface area contributed by atoms with Gasteiger partial charge in [-0.05, 0) is 33.8 Å². The van der Waals surface area contributed by atoms with Gasteiger partial charge in [0.1, 0.15) is 5.82 Å². The number of pyridine rings is 1. The Bertz CT molecular complexity index is 461. The molecule has 1 aromatic rings. The number of hydrogen-bond acceptors (Lipinski definition) is 6. The molecule has 1 aromatic heterocycles. The van der Waals surface area contributed by atoms with Crippen LogP contribution in [0.15, 0.2) is 12.3 Å². The molecule has 0 aromatic carbocycles. The predicted octanol–water partition coefficient (Wildman–Crippen LogP) is 2.07. The molecule has 1 heterocycles. The highest BCUT2D eigenvalue weighted by Crippen LogP contribution is 2.17. The molecule has 3 N–H and O–H groups in total. The molecular formula is C14H23N3O3. The molecule has 0 atom stereocenters. The molecule has 0 fully saturated rings. The number of nitrogen functional groups attached to an aromatic ring is 1. The van der Waals surface area contributed by atoms with Crippen molar-refractivity contribution < 1.29 is 14.3 Å². The first-order valence-corrected chi connectivity index (χ1v) is 6.70. The van der Waals surface area contributed by atoms with Crippen LogP contribution >= 0.6 is 0 Å². The van der Waals surface area contributed by atoms with Gasteiger partial charge >= 0.3 is 5.97 Å². The summed E-state index contributed by atoms with van der Waals surface area (Å²) in [6.07, 6.45) is 1.45. The van der Waals surface area contributed by atoms with Crippen LogP contribution in [0.2, 0.25) is 0 Å². The van der Waals surface area contributed by atoms with Crippen molar-refractivity contribution in [2.24, 2.45) is 0 Å². The predicted molar refractivity (Wildman–Crippen MR) is 78.8 cm³/mol. The zero-order valence-corrected chi connectivity index (χ0v) is 12.5. The SMILES string of the molecule is CCOC(=O)c1cc(NCC(C)(C)OCC)ncc1N. The zero-order chi connectivity index (χ0) is 15.2. The maximum atomic E-state index is 11.7. The van der Waals surface area contributed by atoms with Gasteiger partial charge in [-0.3, -0.25) is 0 Å². The molecule has 0 radical (unpaired) electrons. The molecule has 112 valence electrons. The number of ether oxygens (including phenoxy) is 2. The average Bonchev–Trinajstić information content (AvgIpc) is 2.38. The molecule has 1 rings (SSSR count). The normalized spacial score (nSPS) is 11.2. The van der Waals surface area contributed by atoms with E-state index in [1.807, 2.05) is 20.8 Å². The van der Waals surface area contributed by atoms with Crippen LogP contribution in [-0.2, 0) is 9.47 Å². The minimum atomic E-state index is -0.445. The number of nitrogens with zero attached hydrogens (tertiary/aromatic N) is 1. The molecule has 6 heteroatoms. The lowest BCUT2D eigenvalue weighted by Crippen LogP contribution is -2.33. The molecule has 0 amide bonds. The summed E-state index contributed by atoms with van der Waals surface area (Å²) in [6, 6.07) is 1.59. The minimum Gasteiger partial charge on any atom is -0.462 e. The fourth-order valence-corrected chi connectivity index (χ4v) is 1.69. The van der Waals surface area contributed by atoms with Crippen molar-refractivity contribution in [3.05, 3.63) is 17.8 Å². The van der Waals surface area contributed by atoms with Gasteiger partial charge in [0.05, 0.1) is 29.7 Å². The van der Waals surface area contributed by atoms with Crippen molar-refractivity contribution >= 4 is 17.5 Å². The van der Waals surface area contributed by atoms with Crippen LogP contribution in [0.5, 0.6) is 0 Å². The molecule has 0 aliphatic rings. The molecule has 6 nitrogen and oxygen atoms in total. The Balaban J connectivity index is 2.77. The van der Waals surface area contributed by atoms with Crippen LogP contribution in [0.25, 0.3) is 0 Å². The molecule has 0 unspecified atom stereocenters. The van der Waals surface area contributed by atoms with Crippen molar-refractivity contribution in [1.29, 1.82) is 0 Å². The minimum absolute atomic E-state index is 0.304. The Morgan fingerprint density at radius 2 is 2.10 bits per heavy atom. The molecule has 0 spiro atoms. The van der Waals surface area contributed by atoms with Gasteiger partial charge in [0.25, 0.3) is 0 Å². The summed E-state index contributed by atoms with van der Waals surface area (Å²) >= 11 is 0. The first kappa shape index (κ1) is 16.2. The van der Waals surface area contributed by atoms with E-state index in [1.165, 1.54) is 6.20 Å². The van der Waals surface area contributed by atoms with E-state index in [0.29, 0.717) is 36.8 Å². The summed E-state index contributed by atoms with van der Waals surface area (Å²) in [5.41, 5.74) is 6.04. The standard InChI is InChI=1S/C14H23N3O3/c1-5-19-13(18)10-7-12(16-8-11(10)15)17-9-14(3,4)20-6-2/h7-8H,5-6,9,15H2,1-4H3,(H,16,17). The van der Waals surface area contributed by atoms with Gasteiger partial charge in [-0.2, -0.15) is 0 Å². The molecule has 0 saturated carbocycles. The van der Waals surface area contributed by atoms with Gasteiger partial charge in [-0.1, -0.05) is 0 Å². The average molecular weight is 281 g/mol. The van der Waals surface area contributed by atoms with Gasteiger partial charge in [0.15, 0.2) is 0 Å². The zero-order valence-electron chi connectivity index (χ0n) is 12.5. The largest absolute Gasteiger partial charge is 0.462 e. The van der Waals surface area contributed by atoms with E-state index in [2.05, 4.69) is 10.3 Å². The third-order valence-electron chi connectivity index (χ3n) is 2.66. The lowest BCUT2D eigenvalue weighted by Gasteiger charge is -2.25. The number of anilines is 2. The van der Waals surface area contributed by atoms with Gasteiger partial charge in [0.2, 0.25) is 0 Å². The second-order valence-electron chi connectivity index (χ2n) is 4.92. The van der Waals surface area contributed by atoms with Crippen LogP contribution in [0.1, 0.15) is 38.1 Å². The number of esters is 1. The van der Waals surface area contributed by atoms with Crippen LogP contribution in [-0.4, -0.2) is 36.3 Å². The van der Waals surface area contributed by atoms with E-state index < -0.39 is 5.97 Å². The molecule has 0 aliphatic carbocycles. The summed E-state index contributed by atoms with van der Waals surface area (Å²) in [5, 5.41) is 3.13. The Morgan fingerprint density at radius 1 is 1.40 bits per heavy atom. The topological polar surface area (TPSA) is 86.5 Å². The third kappa shape index (κ3) is 4.70. The fraction of sp³-hybridized carbons (Fsp3) is 0.571. The summed E-state index contributed by atoms with van der Waals surface area (Å²) in [4.78, 5) is 15.9. The Morgan fingerprint density at radius 3 is 2.70 bits per heavy atom. The second-order valence-corrected chi connectivity index (χ2v) is 4.92. The maximum Gasteiger partial charge on any atom is 0.340 e. The van der Waals surface area contributed by atoms with Crippen molar-refractivity contribution in [3.63, 3.8) is 0 Å². The van der Waals surface area contributed by atoms with Crippen LogP contribution in [0.4, 0.5) is 11.5 Å². The van der Waals surface area contributed by atoms with E-state index in [1.54, 1.807) is 13.0 Å². The summed E-state index contributed by atoms with van der Waals surface area (Å²) < 4.78 is 10.5. The number of carbonyl (C=O) groups excluding carboxylic acids is 1. The van der Waals surface area contributed by atoms with Gasteiger partial charge in [-0.25, -0.2) is 9.78 Å². The van der Waals surface area contributed by atoms with E-state index in [4.69, 9.17) is 15.2 Å². The highest BCUT2D eigenvalue weighted by Gasteiger charge is 2.18. The lowest BCUT2D eigenvalue weighted by molar-refractivity contribution is 0.000642. The van der Waals surface area contributed by atoms with Crippen LogP contribution < -0.4 is 11.1 Å². The van der Waals surface area contributed by atoms with Crippen LogP contribution in [0, 0.1) is 0 Å². The van der Waals surface area contributed by atoms with Crippen molar-refractivity contribution in [2.45, 2.75) is 33.3 Å². The van der Waals surface area contributed by atoms with Crippen molar-refractivity contribution in [1.82, 2.24) is 4.98 Å². The maximum absolute atomic E-state index is 11.7. The van der Waals surface area contributed by atoms with Crippen molar-refractivity contribution in [2.75, 3.05) is 30.8 Å². The molecule has 0 saturated heterocycles. The highest BCUT2D eigenvalue weighted by molar-refractivity contribution is 5.95. The highest BCUT2D eigenvalue weighted by atomic mass is 16.5. The molecule has 20 heavy (non-hydrogen) atoms. The first-order chi connectivity index (χ1) is 9.39. The van der Waals surface area contributed by atoms with Crippen molar-refractivity contribution in [3.8, 4) is 0 Å². The van der Waals surface area contributed by atoms with E-state index in [9.17, 15) is 4.79 Å². The first-order valence-electron chi connectivity index (χ1n) is 6.70. The second kappa shape index (κ2) is 7.09. The summed E-state index contributed by atoms with van der Waals surface area (Å²) in [7, 11) is 0. The Labute approximate surface area is 119 Å². The van der Waals surface area contributed by atoms with Gasteiger partial charge < -0.3 is 20.5 Å². The smallest absolute Gasteiger partial charge is 0.340 e. The van der Waals surface area contributed by atoms with Gasteiger partial charge in [-0.15, -0.1) is 0 Å². The van der Waals surface area contributed by atoms with E-state index in [-0.39, 0.29) is 5.60 Å². The Hall–Kier alpha value is -1.82. The third-order valence-corrected chi connectivity index (χ3v) is 2.66. The number of rotatable bonds is 7.